The number of aromatic nitrogens is 5. The van der Waals surface area contributed by atoms with E-state index in [2.05, 4.69) is 37.1 Å². The summed E-state index contributed by atoms with van der Waals surface area (Å²) in [4.78, 5) is 16.9. The van der Waals surface area contributed by atoms with Crippen molar-refractivity contribution in [3.63, 3.8) is 0 Å². The summed E-state index contributed by atoms with van der Waals surface area (Å²) in [5.74, 6) is 0.674. The fourth-order valence-corrected chi connectivity index (χ4v) is 4.33. The van der Waals surface area contributed by atoms with Gasteiger partial charge in [-0.25, -0.2) is 14.4 Å². The van der Waals surface area contributed by atoms with Crippen molar-refractivity contribution in [3.8, 4) is 33.8 Å². The van der Waals surface area contributed by atoms with E-state index in [0.29, 0.717) is 22.0 Å². The SMILES string of the molecule is Fc1ccc(Cl)cc1-c1[nH]cnc1-c1ccc2ncc(-c3cn4c(n3)CNCC4)cc2c1. The van der Waals surface area contributed by atoms with Crippen LogP contribution in [0.2, 0.25) is 5.02 Å². The second-order valence-corrected chi connectivity index (χ2v) is 8.23. The van der Waals surface area contributed by atoms with Crippen LogP contribution in [-0.4, -0.2) is 31.0 Å². The van der Waals surface area contributed by atoms with Gasteiger partial charge in [0.2, 0.25) is 0 Å². The summed E-state index contributed by atoms with van der Waals surface area (Å²) >= 11 is 6.10. The smallest absolute Gasteiger partial charge is 0.132 e. The molecule has 0 unspecified atom stereocenters. The van der Waals surface area contributed by atoms with Crippen molar-refractivity contribution >= 4 is 22.5 Å². The van der Waals surface area contributed by atoms with Crippen LogP contribution in [0.3, 0.4) is 0 Å². The van der Waals surface area contributed by atoms with Gasteiger partial charge in [-0.05, 0) is 36.4 Å². The van der Waals surface area contributed by atoms with Crippen LogP contribution in [0.15, 0.2) is 61.2 Å². The van der Waals surface area contributed by atoms with Crippen molar-refractivity contribution in [2.45, 2.75) is 13.1 Å². The Morgan fingerprint density at radius 3 is 2.84 bits per heavy atom. The first-order valence-corrected chi connectivity index (χ1v) is 10.7. The molecule has 3 aromatic heterocycles. The van der Waals surface area contributed by atoms with Crippen molar-refractivity contribution in [1.82, 2.24) is 29.8 Å². The predicted molar refractivity (Wildman–Crippen MR) is 123 cm³/mol. The number of aromatic amines is 1. The Labute approximate surface area is 188 Å². The second kappa shape index (κ2) is 7.55. The standard InChI is InChI=1S/C24H18ClFN6/c25-17-2-3-19(26)18(9-17)24-23(29-13-30-24)14-1-4-20-15(7-14)8-16(10-28-20)21-12-32-6-5-27-11-22(32)31-21/h1-4,7-10,12-13,27H,5-6,11H2,(H,29,30). The summed E-state index contributed by atoms with van der Waals surface area (Å²) in [6.07, 6.45) is 5.50. The van der Waals surface area contributed by atoms with Gasteiger partial charge in [-0.15, -0.1) is 0 Å². The van der Waals surface area contributed by atoms with Gasteiger partial charge in [0.25, 0.3) is 0 Å². The highest BCUT2D eigenvalue weighted by Crippen LogP contribution is 2.34. The topological polar surface area (TPSA) is 71.4 Å². The van der Waals surface area contributed by atoms with Crippen LogP contribution >= 0.6 is 11.6 Å². The van der Waals surface area contributed by atoms with E-state index in [4.69, 9.17) is 16.6 Å². The van der Waals surface area contributed by atoms with Gasteiger partial charge in [-0.2, -0.15) is 0 Å². The molecule has 0 spiro atoms. The fraction of sp³-hybridized carbons (Fsp3) is 0.125. The molecule has 5 aromatic rings. The van der Waals surface area contributed by atoms with E-state index >= 15 is 0 Å². The van der Waals surface area contributed by atoms with Gasteiger partial charge in [0.15, 0.2) is 0 Å². The number of hydrogen-bond donors (Lipinski definition) is 2. The molecule has 1 aliphatic heterocycles. The number of rotatable bonds is 3. The van der Waals surface area contributed by atoms with Crippen LogP contribution < -0.4 is 5.32 Å². The van der Waals surface area contributed by atoms with Crippen LogP contribution in [0.25, 0.3) is 44.7 Å². The van der Waals surface area contributed by atoms with Gasteiger partial charge >= 0.3 is 0 Å². The number of benzene rings is 2. The molecule has 0 aliphatic carbocycles. The Bertz CT molecular complexity index is 1450. The van der Waals surface area contributed by atoms with Crippen LogP contribution in [0, 0.1) is 5.82 Å². The molecule has 4 heterocycles. The molecule has 0 amide bonds. The van der Waals surface area contributed by atoms with E-state index in [1.165, 1.54) is 12.1 Å². The van der Waals surface area contributed by atoms with Crippen molar-refractivity contribution in [3.05, 3.63) is 77.8 Å². The number of fused-ring (bicyclic) bond motifs is 2. The number of nitrogens with zero attached hydrogens (tertiary/aromatic N) is 4. The van der Waals surface area contributed by atoms with Gasteiger partial charge in [0.1, 0.15) is 11.6 Å². The summed E-state index contributed by atoms with van der Waals surface area (Å²) in [7, 11) is 0. The fourth-order valence-electron chi connectivity index (χ4n) is 4.15. The highest BCUT2D eigenvalue weighted by molar-refractivity contribution is 6.30. The van der Waals surface area contributed by atoms with Crippen molar-refractivity contribution in [2.24, 2.45) is 0 Å². The third-order valence-corrected chi connectivity index (χ3v) is 5.99. The molecule has 158 valence electrons. The molecule has 1 aliphatic rings. The molecule has 2 N–H and O–H groups in total. The Hall–Kier alpha value is -3.55. The molecule has 0 atom stereocenters. The van der Waals surface area contributed by atoms with Crippen LogP contribution in [0.5, 0.6) is 0 Å². The van der Waals surface area contributed by atoms with E-state index < -0.39 is 0 Å². The molecule has 0 fully saturated rings. The molecule has 6 nitrogen and oxygen atoms in total. The number of H-pyrrole nitrogens is 1. The molecule has 6 rings (SSSR count). The lowest BCUT2D eigenvalue weighted by Crippen LogP contribution is -2.27. The molecular formula is C24H18ClFN6. The van der Waals surface area contributed by atoms with Gasteiger partial charge in [0.05, 0.1) is 35.5 Å². The minimum atomic E-state index is -0.358. The summed E-state index contributed by atoms with van der Waals surface area (Å²) in [5.41, 5.74) is 5.22. The lowest BCUT2D eigenvalue weighted by atomic mass is 10.0. The molecule has 32 heavy (non-hydrogen) atoms. The molecular weight excluding hydrogens is 427 g/mol. The number of pyridine rings is 1. The van der Waals surface area contributed by atoms with Gasteiger partial charge in [-0.3, -0.25) is 4.98 Å². The lowest BCUT2D eigenvalue weighted by molar-refractivity contribution is 0.505. The molecule has 0 saturated heterocycles. The quantitative estimate of drug-likeness (QED) is 0.408. The summed E-state index contributed by atoms with van der Waals surface area (Å²) in [6.45, 7) is 2.63. The number of halogens is 2. The molecule has 0 saturated carbocycles. The summed E-state index contributed by atoms with van der Waals surface area (Å²) in [6, 6.07) is 12.5. The normalized spacial score (nSPS) is 13.4. The van der Waals surface area contributed by atoms with Crippen LogP contribution in [0.1, 0.15) is 5.82 Å². The molecule has 0 radical (unpaired) electrons. The Morgan fingerprint density at radius 2 is 1.94 bits per heavy atom. The van der Waals surface area contributed by atoms with E-state index in [1.54, 1.807) is 12.4 Å². The number of nitrogens with one attached hydrogen (secondary N) is 2. The highest BCUT2D eigenvalue weighted by Gasteiger charge is 2.16. The van der Waals surface area contributed by atoms with Gasteiger partial charge in [-0.1, -0.05) is 17.7 Å². The zero-order valence-electron chi connectivity index (χ0n) is 16.9. The van der Waals surface area contributed by atoms with E-state index in [0.717, 1.165) is 53.2 Å². The maximum atomic E-state index is 14.5. The average Bonchev–Trinajstić information content (AvgIpc) is 3.47. The average molecular weight is 445 g/mol. The molecule has 8 heteroatoms. The zero-order valence-corrected chi connectivity index (χ0v) is 17.7. The van der Waals surface area contributed by atoms with E-state index in [1.807, 2.05) is 24.4 Å². The van der Waals surface area contributed by atoms with Gasteiger partial charge < -0.3 is 14.9 Å². The van der Waals surface area contributed by atoms with Crippen molar-refractivity contribution in [2.75, 3.05) is 6.54 Å². The summed E-state index contributed by atoms with van der Waals surface area (Å²) < 4.78 is 16.7. The van der Waals surface area contributed by atoms with E-state index in [-0.39, 0.29) is 5.82 Å². The highest BCUT2D eigenvalue weighted by atomic mass is 35.5. The van der Waals surface area contributed by atoms with Crippen molar-refractivity contribution < 1.29 is 4.39 Å². The second-order valence-electron chi connectivity index (χ2n) is 7.79. The third kappa shape index (κ3) is 3.26. The summed E-state index contributed by atoms with van der Waals surface area (Å²) in [5, 5.41) is 4.77. The Morgan fingerprint density at radius 1 is 1.03 bits per heavy atom. The first kappa shape index (κ1) is 19.2. The molecule has 2 aromatic carbocycles. The molecule has 0 bridgehead atoms. The third-order valence-electron chi connectivity index (χ3n) is 5.76. The Balaban J connectivity index is 1.43. The van der Waals surface area contributed by atoms with Gasteiger partial charge in [0, 0.05) is 52.6 Å². The lowest BCUT2D eigenvalue weighted by Gasteiger charge is -2.13. The van der Waals surface area contributed by atoms with Crippen molar-refractivity contribution in [1.29, 1.82) is 0 Å². The first-order chi connectivity index (χ1) is 15.7. The zero-order chi connectivity index (χ0) is 21.7. The maximum Gasteiger partial charge on any atom is 0.132 e. The predicted octanol–water partition coefficient (Wildman–Crippen LogP) is 5.05. The minimum absolute atomic E-state index is 0.358. The number of imidazole rings is 2. The Kier molecular flexibility index (Phi) is 4.52. The largest absolute Gasteiger partial charge is 0.344 e. The first-order valence-electron chi connectivity index (χ1n) is 10.3. The number of hydrogen-bond acceptors (Lipinski definition) is 4. The minimum Gasteiger partial charge on any atom is -0.344 e. The monoisotopic (exact) mass is 444 g/mol. The van der Waals surface area contributed by atoms with Crippen LogP contribution in [-0.2, 0) is 13.1 Å². The van der Waals surface area contributed by atoms with E-state index in [9.17, 15) is 4.39 Å². The maximum absolute atomic E-state index is 14.5. The van der Waals surface area contributed by atoms with Crippen LogP contribution in [0.4, 0.5) is 4.39 Å².